The fourth-order valence-electron chi connectivity index (χ4n) is 2.47. The van der Waals surface area contributed by atoms with Crippen LogP contribution < -0.4 is 5.32 Å². The highest BCUT2D eigenvalue weighted by Crippen LogP contribution is 2.29. The van der Waals surface area contributed by atoms with Crippen molar-refractivity contribution in [2.45, 2.75) is 45.2 Å². The predicted octanol–water partition coefficient (Wildman–Crippen LogP) is 1.71. The highest BCUT2D eigenvalue weighted by Gasteiger charge is 2.30. The SMILES string of the molecule is CC1CN(C)C(C)CC1NCC1CC1. The van der Waals surface area contributed by atoms with Gasteiger partial charge in [0.2, 0.25) is 0 Å². The largest absolute Gasteiger partial charge is 0.313 e. The Hall–Kier alpha value is -0.0800. The van der Waals surface area contributed by atoms with Gasteiger partial charge in [-0.3, -0.25) is 0 Å². The van der Waals surface area contributed by atoms with Crippen LogP contribution in [0.25, 0.3) is 0 Å². The molecule has 14 heavy (non-hydrogen) atoms. The van der Waals surface area contributed by atoms with Crippen molar-refractivity contribution < 1.29 is 0 Å². The zero-order valence-corrected chi connectivity index (χ0v) is 9.79. The molecule has 0 bridgehead atoms. The fraction of sp³-hybridized carbons (Fsp3) is 1.00. The monoisotopic (exact) mass is 196 g/mol. The summed E-state index contributed by atoms with van der Waals surface area (Å²) in [6, 6.07) is 1.52. The zero-order chi connectivity index (χ0) is 10.1. The molecule has 2 heteroatoms. The number of likely N-dealkylation sites (tertiary alicyclic amines) is 1. The third-order valence-corrected chi connectivity index (χ3v) is 3.98. The summed E-state index contributed by atoms with van der Waals surface area (Å²) in [4.78, 5) is 2.49. The minimum atomic E-state index is 0.753. The summed E-state index contributed by atoms with van der Waals surface area (Å²) in [5.41, 5.74) is 0. The molecule has 0 aromatic heterocycles. The lowest BCUT2D eigenvalue weighted by atomic mass is 9.90. The van der Waals surface area contributed by atoms with Crippen molar-refractivity contribution in [2.75, 3.05) is 20.1 Å². The van der Waals surface area contributed by atoms with Crippen LogP contribution in [0, 0.1) is 11.8 Å². The normalized spacial score (nSPS) is 40.1. The van der Waals surface area contributed by atoms with Gasteiger partial charge < -0.3 is 10.2 Å². The van der Waals surface area contributed by atoms with Gasteiger partial charge >= 0.3 is 0 Å². The standard InChI is InChI=1S/C12H24N2/c1-9-8-14(3)10(2)6-12(9)13-7-11-4-5-11/h9-13H,4-8H2,1-3H3. The van der Waals surface area contributed by atoms with E-state index >= 15 is 0 Å². The maximum Gasteiger partial charge on any atom is 0.0120 e. The molecule has 3 atom stereocenters. The second kappa shape index (κ2) is 4.19. The number of piperidine rings is 1. The molecule has 1 saturated heterocycles. The number of hydrogen-bond donors (Lipinski definition) is 1. The zero-order valence-electron chi connectivity index (χ0n) is 9.79. The van der Waals surface area contributed by atoms with Gasteiger partial charge in [-0.2, -0.15) is 0 Å². The van der Waals surface area contributed by atoms with Crippen LogP contribution in [0.3, 0.4) is 0 Å². The maximum atomic E-state index is 3.76. The van der Waals surface area contributed by atoms with Gasteiger partial charge in [0, 0.05) is 18.6 Å². The summed E-state index contributed by atoms with van der Waals surface area (Å²) in [5.74, 6) is 1.83. The van der Waals surface area contributed by atoms with Crippen LogP contribution in [0.2, 0.25) is 0 Å². The molecule has 1 N–H and O–H groups in total. The topological polar surface area (TPSA) is 15.3 Å². The van der Waals surface area contributed by atoms with E-state index < -0.39 is 0 Å². The first-order valence-electron chi connectivity index (χ1n) is 6.10. The Bertz CT molecular complexity index is 189. The summed E-state index contributed by atoms with van der Waals surface area (Å²) < 4.78 is 0. The maximum absolute atomic E-state index is 3.76. The average molecular weight is 196 g/mol. The first-order chi connectivity index (χ1) is 6.66. The molecule has 0 spiro atoms. The lowest BCUT2D eigenvalue weighted by Crippen LogP contribution is -2.51. The Morgan fingerprint density at radius 2 is 2.00 bits per heavy atom. The number of nitrogens with one attached hydrogen (secondary N) is 1. The van der Waals surface area contributed by atoms with Gasteiger partial charge in [-0.15, -0.1) is 0 Å². The van der Waals surface area contributed by atoms with Crippen LogP contribution >= 0.6 is 0 Å². The Morgan fingerprint density at radius 1 is 1.29 bits per heavy atom. The molecule has 1 heterocycles. The highest BCUT2D eigenvalue weighted by molar-refractivity contribution is 4.87. The molecular weight excluding hydrogens is 172 g/mol. The van der Waals surface area contributed by atoms with Crippen molar-refractivity contribution in [2.24, 2.45) is 11.8 Å². The molecule has 1 aliphatic carbocycles. The van der Waals surface area contributed by atoms with E-state index in [1.807, 2.05) is 0 Å². The smallest absolute Gasteiger partial charge is 0.0120 e. The van der Waals surface area contributed by atoms with Gasteiger partial charge in [-0.25, -0.2) is 0 Å². The molecule has 2 aliphatic rings. The van der Waals surface area contributed by atoms with Crippen LogP contribution in [0.5, 0.6) is 0 Å². The van der Waals surface area contributed by atoms with E-state index in [0.717, 1.165) is 23.9 Å². The molecule has 3 unspecified atom stereocenters. The third-order valence-electron chi connectivity index (χ3n) is 3.98. The van der Waals surface area contributed by atoms with Gasteiger partial charge in [0.15, 0.2) is 0 Å². The fourth-order valence-corrected chi connectivity index (χ4v) is 2.47. The Kier molecular flexibility index (Phi) is 3.13. The second-order valence-electron chi connectivity index (χ2n) is 5.46. The molecule has 0 aromatic carbocycles. The second-order valence-corrected chi connectivity index (χ2v) is 5.46. The van der Waals surface area contributed by atoms with Crippen molar-refractivity contribution in [1.29, 1.82) is 0 Å². The van der Waals surface area contributed by atoms with E-state index in [9.17, 15) is 0 Å². The molecule has 1 saturated carbocycles. The van der Waals surface area contributed by atoms with E-state index in [1.165, 1.54) is 32.4 Å². The van der Waals surface area contributed by atoms with Gasteiger partial charge in [-0.1, -0.05) is 6.92 Å². The number of nitrogens with zero attached hydrogens (tertiary/aromatic N) is 1. The van der Waals surface area contributed by atoms with Crippen LogP contribution in [0.4, 0.5) is 0 Å². The van der Waals surface area contributed by atoms with Gasteiger partial charge in [-0.05, 0) is 51.6 Å². The van der Waals surface area contributed by atoms with E-state index in [1.54, 1.807) is 0 Å². The molecule has 2 nitrogen and oxygen atoms in total. The Balaban J connectivity index is 1.78. The Morgan fingerprint density at radius 3 is 2.64 bits per heavy atom. The summed E-state index contributed by atoms with van der Waals surface area (Å²) in [7, 11) is 2.25. The third kappa shape index (κ3) is 2.48. The molecule has 2 fully saturated rings. The predicted molar refractivity (Wildman–Crippen MR) is 60.4 cm³/mol. The summed E-state index contributed by atoms with van der Waals surface area (Å²) >= 11 is 0. The van der Waals surface area contributed by atoms with E-state index in [-0.39, 0.29) is 0 Å². The van der Waals surface area contributed by atoms with Gasteiger partial charge in [0.25, 0.3) is 0 Å². The van der Waals surface area contributed by atoms with Gasteiger partial charge in [0.1, 0.15) is 0 Å². The first-order valence-corrected chi connectivity index (χ1v) is 6.10. The van der Waals surface area contributed by atoms with Crippen LogP contribution in [0.1, 0.15) is 33.1 Å². The summed E-state index contributed by atoms with van der Waals surface area (Å²) in [6.45, 7) is 7.25. The molecule has 82 valence electrons. The molecule has 2 rings (SSSR count). The lowest BCUT2D eigenvalue weighted by molar-refractivity contribution is 0.121. The van der Waals surface area contributed by atoms with Crippen LogP contribution in [0.15, 0.2) is 0 Å². The van der Waals surface area contributed by atoms with Crippen LogP contribution in [-0.2, 0) is 0 Å². The van der Waals surface area contributed by atoms with Crippen molar-refractivity contribution in [1.82, 2.24) is 10.2 Å². The minimum absolute atomic E-state index is 0.753. The molecule has 0 aromatic rings. The number of hydrogen-bond acceptors (Lipinski definition) is 2. The molecular formula is C12H24N2. The van der Waals surface area contributed by atoms with Crippen molar-refractivity contribution in [3.05, 3.63) is 0 Å². The minimum Gasteiger partial charge on any atom is -0.313 e. The van der Waals surface area contributed by atoms with Crippen molar-refractivity contribution in [3.8, 4) is 0 Å². The van der Waals surface area contributed by atoms with Gasteiger partial charge in [0.05, 0.1) is 0 Å². The first kappa shape index (κ1) is 10.4. The Labute approximate surface area is 88.1 Å². The molecule has 0 amide bonds. The quantitative estimate of drug-likeness (QED) is 0.739. The average Bonchev–Trinajstić information content (AvgIpc) is 2.92. The summed E-state index contributed by atoms with van der Waals surface area (Å²) in [6.07, 6.45) is 4.25. The van der Waals surface area contributed by atoms with E-state index in [2.05, 4.69) is 31.1 Å². The highest BCUT2D eigenvalue weighted by atomic mass is 15.2. The van der Waals surface area contributed by atoms with E-state index in [0.29, 0.717) is 0 Å². The van der Waals surface area contributed by atoms with E-state index in [4.69, 9.17) is 0 Å². The van der Waals surface area contributed by atoms with Crippen molar-refractivity contribution in [3.63, 3.8) is 0 Å². The summed E-state index contributed by atoms with van der Waals surface area (Å²) in [5, 5.41) is 3.76. The lowest BCUT2D eigenvalue weighted by Gasteiger charge is -2.40. The molecule has 1 aliphatic heterocycles. The molecule has 0 radical (unpaired) electrons. The number of rotatable bonds is 3. The van der Waals surface area contributed by atoms with Crippen molar-refractivity contribution >= 4 is 0 Å². The van der Waals surface area contributed by atoms with Crippen LogP contribution in [-0.4, -0.2) is 37.1 Å².